The molecule has 5 heteroatoms. The summed E-state index contributed by atoms with van der Waals surface area (Å²) in [4.78, 5) is 30.7. The first-order chi connectivity index (χ1) is 9.52. The lowest BCUT2D eigenvalue weighted by Gasteiger charge is -2.17. The van der Waals surface area contributed by atoms with E-state index in [2.05, 4.69) is 27.8 Å². The molecule has 106 valence electrons. The molecule has 1 saturated heterocycles. The molecule has 2 atom stereocenters. The fourth-order valence-corrected chi connectivity index (χ4v) is 3.56. The van der Waals surface area contributed by atoms with Crippen molar-refractivity contribution >= 4 is 33.6 Å². The Labute approximate surface area is 126 Å². The van der Waals surface area contributed by atoms with Crippen LogP contribution in [0.5, 0.6) is 0 Å². The fraction of sp³-hybridized carbons (Fsp3) is 0.533. The molecule has 0 bridgehead atoms. The number of fused-ring (bicyclic) bond motifs is 1. The summed E-state index contributed by atoms with van der Waals surface area (Å²) >= 11 is 3.38. The minimum atomic E-state index is -0.127. The van der Waals surface area contributed by atoms with E-state index in [1.54, 1.807) is 6.07 Å². The van der Waals surface area contributed by atoms with E-state index in [9.17, 15) is 9.59 Å². The summed E-state index contributed by atoms with van der Waals surface area (Å²) in [5.41, 5.74) is 0.784. The van der Waals surface area contributed by atoms with E-state index in [0.29, 0.717) is 11.7 Å². The molecule has 2 amide bonds. The number of pyridine rings is 1. The van der Waals surface area contributed by atoms with Crippen LogP contribution in [0.3, 0.4) is 0 Å². The summed E-state index contributed by atoms with van der Waals surface area (Å²) in [6.07, 6.45) is 2.73. The Balaban J connectivity index is 1.91. The molecular weight excluding hydrogens is 320 g/mol. The minimum Gasteiger partial charge on any atom is -0.274 e. The van der Waals surface area contributed by atoms with Gasteiger partial charge in [-0.25, -0.2) is 9.88 Å². The van der Waals surface area contributed by atoms with E-state index < -0.39 is 0 Å². The van der Waals surface area contributed by atoms with Gasteiger partial charge >= 0.3 is 0 Å². The van der Waals surface area contributed by atoms with E-state index in [0.717, 1.165) is 29.4 Å². The molecular formula is C15H17BrN2O2. The van der Waals surface area contributed by atoms with E-state index in [4.69, 9.17) is 0 Å². The van der Waals surface area contributed by atoms with Crippen LogP contribution in [0.2, 0.25) is 0 Å². The Bertz CT molecular complexity index is 563. The monoisotopic (exact) mass is 336 g/mol. The highest BCUT2D eigenvalue weighted by atomic mass is 79.9. The number of carbonyl (C=O) groups excluding carboxylic acids is 2. The van der Waals surface area contributed by atoms with Crippen LogP contribution in [-0.4, -0.2) is 16.8 Å². The van der Waals surface area contributed by atoms with Crippen molar-refractivity contribution in [2.24, 2.45) is 17.8 Å². The predicted octanol–water partition coefficient (Wildman–Crippen LogP) is 3.08. The van der Waals surface area contributed by atoms with Gasteiger partial charge in [0.25, 0.3) is 0 Å². The normalized spacial score (nSPS) is 29.1. The summed E-state index contributed by atoms with van der Waals surface area (Å²) in [7, 11) is 0. The van der Waals surface area contributed by atoms with Gasteiger partial charge in [-0.3, -0.25) is 9.59 Å². The average molecular weight is 337 g/mol. The Morgan fingerprint density at radius 2 is 1.85 bits per heavy atom. The molecule has 1 aromatic rings. The molecule has 1 aliphatic carbocycles. The molecule has 1 aromatic heterocycles. The number of rotatable bonds is 2. The van der Waals surface area contributed by atoms with Gasteiger partial charge in [-0.2, -0.15) is 0 Å². The van der Waals surface area contributed by atoms with Gasteiger partial charge in [0.2, 0.25) is 11.8 Å². The second-order valence-corrected chi connectivity index (χ2v) is 6.56. The maximum absolute atomic E-state index is 12.5. The fourth-order valence-electron chi connectivity index (χ4n) is 3.34. The molecule has 2 heterocycles. The molecule has 3 rings (SSSR count). The molecule has 0 radical (unpaired) electrons. The maximum atomic E-state index is 12.5. The quantitative estimate of drug-likeness (QED) is 0.780. The van der Waals surface area contributed by atoms with Gasteiger partial charge in [0.05, 0.1) is 17.5 Å². The van der Waals surface area contributed by atoms with Crippen molar-refractivity contribution in [3.05, 3.63) is 22.3 Å². The predicted molar refractivity (Wildman–Crippen MR) is 79.2 cm³/mol. The summed E-state index contributed by atoms with van der Waals surface area (Å²) in [5, 5.41) is 0. The zero-order chi connectivity index (χ0) is 14.4. The summed E-state index contributed by atoms with van der Waals surface area (Å²) in [5.74, 6) is 0.592. The van der Waals surface area contributed by atoms with Gasteiger partial charge in [0.1, 0.15) is 5.82 Å². The first-order valence-corrected chi connectivity index (χ1v) is 7.83. The van der Waals surface area contributed by atoms with E-state index >= 15 is 0 Å². The SMILES string of the molecule is CCC1CC2C(=O)N(c3ccc(Br)c(C)n3)C(=O)C2C1. The van der Waals surface area contributed by atoms with E-state index in [-0.39, 0.29) is 23.7 Å². The molecule has 2 fully saturated rings. The van der Waals surface area contributed by atoms with Crippen molar-refractivity contribution in [3.63, 3.8) is 0 Å². The highest BCUT2D eigenvalue weighted by Gasteiger charge is 2.53. The van der Waals surface area contributed by atoms with Crippen LogP contribution in [0.4, 0.5) is 5.82 Å². The lowest BCUT2D eigenvalue weighted by molar-refractivity contribution is -0.123. The third-order valence-electron chi connectivity index (χ3n) is 4.55. The second kappa shape index (κ2) is 4.95. The van der Waals surface area contributed by atoms with Gasteiger partial charge in [0.15, 0.2) is 0 Å². The Kier molecular flexibility index (Phi) is 3.40. The molecule has 2 aliphatic rings. The van der Waals surface area contributed by atoms with Crippen LogP contribution in [0.25, 0.3) is 0 Å². The number of halogens is 1. The third-order valence-corrected chi connectivity index (χ3v) is 5.39. The summed E-state index contributed by atoms with van der Waals surface area (Å²) in [6.45, 7) is 3.98. The van der Waals surface area contributed by atoms with Crippen molar-refractivity contribution in [3.8, 4) is 0 Å². The average Bonchev–Trinajstić information content (AvgIpc) is 2.94. The van der Waals surface area contributed by atoms with Gasteiger partial charge in [-0.15, -0.1) is 0 Å². The Hall–Kier alpha value is -1.23. The number of hydrogen-bond donors (Lipinski definition) is 0. The number of amides is 2. The molecule has 0 spiro atoms. The van der Waals surface area contributed by atoms with Gasteiger partial charge in [-0.1, -0.05) is 13.3 Å². The van der Waals surface area contributed by atoms with Crippen molar-refractivity contribution < 1.29 is 9.59 Å². The lowest BCUT2D eigenvalue weighted by Crippen LogP contribution is -2.33. The maximum Gasteiger partial charge on any atom is 0.238 e. The zero-order valence-electron chi connectivity index (χ0n) is 11.6. The number of carbonyl (C=O) groups is 2. The number of imide groups is 1. The van der Waals surface area contributed by atoms with Gasteiger partial charge in [-0.05, 0) is 53.7 Å². The molecule has 1 saturated carbocycles. The lowest BCUT2D eigenvalue weighted by atomic mass is 10.00. The summed E-state index contributed by atoms with van der Waals surface area (Å²) in [6, 6.07) is 3.56. The number of nitrogens with zero attached hydrogens (tertiary/aromatic N) is 2. The Morgan fingerprint density at radius 1 is 1.25 bits per heavy atom. The zero-order valence-corrected chi connectivity index (χ0v) is 13.2. The minimum absolute atomic E-state index is 0.0647. The second-order valence-electron chi connectivity index (χ2n) is 5.71. The van der Waals surface area contributed by atoms with Crippen molar-refractivity contribution in [1.82, 2.24) is 4.98 Å². The largest absolute Gasteiger partial charge is 0.274 e. The van der Waals surface area contributed by atoms with E-state index in [1.807, 2.05) is 13.0 Å². The van der Waals surface area contributed by atoms with Crippen molar-refractivity contribution in [1.29, 1.82) is 0 Å². The molecule has 2 unspecified atom stereocenters. The number of anilines is 1. The van der Waals surface area contributed by atoms with Crippen LogP contribution in [0.1, 0.15) is 31.9 Å². The molecule has 4 nitrogen and oxygen atoms in total. The van der Waals surface area contributed by atoms with Crippen molar-refractivity contribution in [2.75, 3.05) is 4.90 Å². The van der Waals surface area contributed by atoms with E-state index in [1.165, 1.54) is 4.90 Å². The molecule has 1 aliphatic heterocycles. The highest BCUT2D eigenvalue weighted by molar-refractivity contribution is 9.10. The van der Waals surface area contributed by atoms with Crippen LogP contribution in [0, 0.1) is 24.7 Å². The third kappa shape index (κ3) is 1.99. The van der Waals surface area contributed by atoms with Gasteiger partial charge < -0.3 is 0 Å². The first-order valence-electron chi connectivity index (χ1n) is 7.03. The van der Waals surface area contributed by atoms with Crippen LogP contribution < -0.4 is 4.90 Å². The van der Waals surface area contributed by atoms with Crippen LogP contribution in [0.15, 0.2) is 16.6 Å². The summed E-state index contributed by atoms with van der Waals surface area (Å²) < 4.78 is 0.881. The molecule has 20 heavy (non-hydrogen) atoms. The molecule has 0 N–H and O–H groups in total. The highest BCUT2D eigenvalue weighted by Crippen LogP contribution is 2.45. The number of hydrogen-bond acceptors (Lipinski definition) is 3. The molecule has 0 aromatic carbocycles. The van der Waals surface area contributed by atoms with Crippen molar-refractivity contribution in [2.45, 2.75) is 33.1 Å². The van der Waals surface area contributed by atoms with Crippen LogP contribution in [-0.2, 0) is 9.59 Å². The topological polar surface area (TPSA) is 50.3 Å². The van der Waals surface area contributed by atoms with Gasteiger partial charge in [0, 0.05) is 4.47 Å². The standard InChI is InChI=1S/C15H17BrN2O2/c1-3-9-6-10-11(7-9)15(20)18(14(10)19)13-5-4-12(16)8(2)17-13/h4-5,9-11H,3,6-7H2,1-2H3. The smallest absolute Gasteiger partial charge is 0.238 e. The van der Waals surface area contributed by atoms with Crippen LogP contribution >= 0.6 is 15.9 Å². The first kappa shape index (κ1) is 13.7. The number of aromatic nitrogens is 1. The Morgan fingerprint density at radius 3 is 2.35 bits per heavy atom. The number of aryl methyl sites for hydroxylation is 1.